The van der Waals surface area contributed by atoms with Crippen LogP contribution in [0, 0.1) is 29.6 Å². The van der Waals surface area contributed by atoms with Crippen molar-refractivity contribution in [2.75, 3.05) is 26.9 Å². The Balaban J connectivity index is 0.958. The van der Waals surface area contributed by atoms with Crippen LogP contribution in [-0.4, -0.2) is 264 Å². The molecule has 25 nitrogen and oxygen atoms in total. The normalized spacial score (nSPS) is 52.8. The highest BCUT2D eigenvalue weighted by Crippen LogP contribution is 2.53. The minimum Gasteiger partial charge on any atom is -0.460 e. The first-order valence-electron chi connectivity index (χ1n) is 26.9. The van der Waals surface area contributed by atoms with Gasteiger partial charge in [0, 0.05) is 19.1 Å². The molecule has 430 valence electrons. The Morgan fingerprint density at radius 1 is 0.520 bits per heavy atom. The van der Waals surface area contributed by atoms with E-state index in [0.29, 0.717) is 44.9 Å². The highest BCUT2D eigenvalue weighted by molar-refractivity contribution is 5.81. The van der Waals surface area contributed by atoms with E-state index in [4.69, 9.17) is 47.4 Å². The molecule has 5 heterocycles. The standard InChI is InChI=1S/C50H80O25/c1-66-31-10-19(2-6-26(31)54)3-9-36(58)67-17-34-39(60)41(62)44(65)48(72-34)69-18-35-40(61)42(63)47(75-49-43(64)38(59)29(57)16-68-49)50(73-35)74-46-23-15-30(20-4-7-24(52)27(55)11-20)70-32-13-22(51)14-33(37(23)32)71-45(46)21-5-8-25(53)28(56)12-21/h3,9,19-35,37-57,59-65H,2,4-8,10-18H2,1H3/t19?,20?,21?,22?,23?,24?,25?,26?,27?,28?,29-,30?,31?,32?,33?,34-,35-,37?,38+,39-,40+,41+,42+,43-,44-,45?,46?,47-,48-,49+,50+/m1/s1. The number of methoxy groups -OCH3 is 1. The zero-order valence-corrected chi connectivity index (χ0v) is 41.9. The largest absolute Gasteiger partial charge is 0.460 e. The summed E-state index contributed by atoms with van der Waals surface area (Å²) in [6.45, 7) is -1.76. The van der Waals surface area contributed by atoms with Crippen LogP contribution in [0.2, 0.25) is 0 Å². The molecule has 0 aromatic carbocycles. The van der Waals surface area contributed by atoms with Gasteiger partial charge >= 0.3 is 5.97 Å². The molecule has 0 spiro atoms. The van der Waals surface area contributed by atoms with Gasteiger partial charge in [0.05, 0.1) is 86.5 Å². The van der Waals surface area contributed by atoms with E-state index < -0.39 is 197 Å². The molecule has 0 amide bonds. The number of aliphatic hydroxyl groups is 14. The third kappa shape index (κ3) is 12.8. The molecule has 75 heavy (non-hydrogen) atoms. The topological polar surface area (TPSA) is 393 Å². The third-order valence-electron chi connectivity index (χ3n) is 17.7. The van der Waals surface area contributed by atoms with Crippen LogP contribution >= 0.6 is 0 Å². The molecule has 0 aromatic heterocycles. The quantitative estimate of drug-likeness (QED) is 0.0573. The van der Waals surface area contributed by atoms with Crippen molar-refractivity contribution < 1.29 is 124 Å². The number of ether oxygens (including phenoxy) is 10. The maximum atomic E-state index is 12.8. The van der Waals surface area contributed by atoms with Crippen LogP contribution in [0.1, 0.15) is 77.0 Å². The van der Waals surface area contributed by atoms with Gasteiger partial charge in [-0.25, -0.2) is 4.79 Å². The minimum atomic E-state index is -1.95. The van der Waals surface area contributed by atoms with Crippen LogP contribution in [0.25, 0.3) is 0 Å². The molecule has 17 unspecified atom stereocenters. The van der Waals surface area contributed by atoms with Crippen LogP contribution < -0.4 is 0 Å². The van der Waals surface area contributed by atoms with Crippen molar-refractivity contribution in [3.63, 3.8) is 0 Å². The maximum Gasteiger partial charge on any atom is 0.330 e. The van der Waals surface area contributed by atoms with Gasteiger partial charge in [0.2, 0.25) is 0 Å². The maximum absolute atomic E-state index is 12.8. The third-order valence-corrected chi connectivity index (χ3v) is 17.7. The summed E-state index contributed by atoms with van der Waals surface area (Å²) in [4.78, 5) is 12.8. The summed E-state index contributed by atoms with van der Waals surface area (Å²) >= 11 is 0. The Kier molecular flexibility index (Phi) is 19.3. The summed E-state index contributed by atoms with van der Waals surface area (Å²) < 4.78 is 61.3. The molecule has 25 heteroatoms. The lowest BCUT2D eigenvalue weighted by Gasteiger charge is -2.59. The van der Waals surface area contributed by atoms with Gasteiger partial charge in [-0.1, -0.05) is 6.08 Å². The average molecular weight is 1080 g/mol. The van der Waals surface area contributed by atoms with Gasteiger partial charge < -0.3 is 119 Å². The van der Waals surface area contributed by atoms with Crippen molar-refractivity contribution in [1.29, 1.82) is 0 Å². The number of rotatable bonds is 14. The van der Waals surface area contributed by atoms with Crippen molar-refractivity contribution in [2.45, 2.75) is 236 Å². The monoisotopic (exact) mass is 1080 g/mol. The van der Waals surface area contributed by atoms with E-state index in [1.807, 2.05) is 0 Å². The summed E-state index contributed by atoms with van der Waals surface area (Å²) in [5.41, 5.74) is 0. The summed E-state index contributed by atoms with van der Waals surface area (Å²) in [6, 6.07) is 0. The van der Waals surface area contributed by atoms with Crippen LogP contribution in [0.4, 0.5) is 0 Å². The number of carbonyl (C=O) groups excluding carboxylic acids is 1. The van der Waals surface area contributed by atoms with Crippen molar-refractivity contribution in [2.24, 2.45) is 29.6 Å². The molecule has 0 bridgehead atoms. The van der Waals surface area contributed by atoms with E-state index in [2.05, 4.69) is 0 Å². The van der Waals surface area contributed by atoms with E-state index >= 15 is 0 Å². The lowest BCUT2D eigenvalue weighted by molar-refractivity contribution is -0.384. The Morgan fingerprint density at radius 2 is 1.13 bits per heavy atom. The first-order valence-corrected chi connectivity index (χ1v) is 26.9. The molecule has 9 aliphatic rings. The smallest absolute Gasteiger partial charge is 0.330 e. The molecular formula is C50H80O25. The number of carbonyl (C=O) groups is 1. The van der Waals surface area contributed by atoms with Gasteiger partial charge in [0.1, 0.15) is 73.8 Å². The summed E-state index contributed by atoms with van der Waals surface area (Å²) in [5, 5.41) is 153. The van der Waals surface area contributed by atoms with Crippen molar-refractivity contribution >= 4 is 5.97 Å². The van der Waals surface area contributed by atoms with Gasteiger partial charge in [0.25, 0.3) is 0 Å². The lowest BCUT2D eigenvalue weighted by atomic mass is 9.63. The zero-order valence-electron chi connectivity index (χ0n) is 41.9. The fourth-order valence-corrected chi connectivity index (χ4v) is 13.3. The second-order valence-electron chi connectivity index (χ2n) is 22.6. The minimum absolute atomic E-state index is 0.0770. The lowest BCUT2D eigenvalue weighted by Crippen LogP contribution is -2.68. The molecule has 4 aliphatic carbocycles. The van der Waals surface area contributed by atoms with Crippen LogP contribution in [0.5, 0.6) is 0 Å². The molecule has 5 saturated heterocycles. The number of aliphatic hydroxyl groups excluding tert-OH is 14. The van der Waals surface area contributed by atoms with Crippen molar-refractivity contribution in [1.82, 2.24) is 0 Å². The molecule has 0 aromatic rings. The zero-order chi connectivity index (χ0) is 53.6. The van der Waals surface area contributed by atoms with Crippen molar-refractivity contribution in [3.8, 4) is 0 Å². The first-order chi connectivity index (χ1) is 35.8. The second kappa shape index (κ2) is 25.0. The van der Waals surface area contributed by atoms with E-state index in [1.54, 1.807) is 6.08 Å². The molecule has 14 N–H and O–H groups in total. The van der Waals surface area contributed by atoms with Crippen LogP contribution in [0.15, 0.2) is 12.2 Å². The molecule has 5 aliphatic heterocycles. The molecule has 4 saturated carbocycles. The number of esters is 1. The highest BCUT2D eigenvalue weighted by Gasteiger charge is 2.60. The predicted octanol–water partition coefficient (Wildman–Crippen LogP) is -4.90. The molecule has 31 atom stereocenters. The van der Waals surface area contributed by atoms with Gasteiger partial charge in [-0.05, 0) is 101 Å². The van der Waals surface area contributed by atoms with Crippen LogP contribution in [0.3, 0.4) is 0 Å². The number of hydrogen-bond donors (Lipinski definition) is 14. The SMILES string of the molecule is COC1CC(C=CC(=O)OC[C@H]2O[C@@H](OC[C@H]3O[C@@H](OC4C5CC(C6CCC(O)C(O)C6)OC6CC(O)CC(OC4C4CCC(O)C(O)C4)C65)[C@H](O[C@@H]4OC[C@@H](O)[C@H](O)[C@H]4O)[C@@H](O)[C@H]3O)[C@H](O)[C@@H](O)[C@@H]2O)CCC1O. The predicted molar refractivity (Wildman–Crippen MR) is 248 cm³/mol. The number of hydrogen-bond acceptors (Lipinski definition) is 25. The summed E-state index contributed by atoms with van der Waals surface area (Å²) in [7, 11) is 1.49. The summed E-state index contributed by atoms with van der Waals surface area (Å²) in [5.74, 6) is -2.35. The molecule has 0 radical (unpaired) electrons. The Morgan fingerprint density at radius 3 is 1.84 bits per heavy atom. The Hall–Kier alpha value is -1.71. The van der Waals surface area contributed by atoms with E-state index in [0.717, 1.165) is 0 Å². The highest BCUT2D eigenvalue weighted by atomic mass is 16.8. The fourth-order valence-electron chi connectivity index (χ4n) is 13.3. The van der Waals surface area contributed by atoms with E-state index in [-0.39, 0.29) is 49.9 Å². The summed E-state index contributed by atoms with van der Waals surface area (Å²) in [6.07, 6.45) is -26.5. The second-order valence-corrected chi connectivity index (χ2v) is 22.6. The van der Waals surface area contributed by atoms with Gasteiger partial charge in [-0.3, -0.25) is 0 Å². The first kappa shape index (κ1) is 58.0. The molecule has 9 fully saturated rings. The molecular weight excluding hydrogens is 1000 g/mol. The Labute approximate surface area is 433 Å². The van der Waals surface area contributed by atoms with Gasteiger partial charge in [-0.15, -0.1) is 0 Å². The van der Waals surface area contributed by atoms with Crippen molar-refractivity contribution in [3.05, 3.63) is 12.2 Å². The van der Waals surface area contributed by atoms with Crippen LogP contribution in [-0.2, 0) is 52.2 Å². The van der Waals surface area contributed by atoms with Gasteiger partial charge in [0.15, 0.2) is 18.9 Å². The number of allylic oxidation sites excluding steroid dienone is 1. The van der Waals surface area contributed by atoms with E-state index in [9.17, 15) is 76.3 Å². The van der Waals surface area contributed by atoms with E-state index in [1.165, 1.54) is 13.2 Å². The molecule has 9 rings (SSSR count). The van der Waals surface area contributed by atoms with Gasteiger partial charge in [-0.2, -0.15) is 0 Å². The Bertz CT molecular complexity index is 1860. The fraction of sp³-hybridized carbons (Fsp3) is 0.940. The average Bonchev–Trinajstić information content (AvgIpc) is 3.40.